The highest BCUT2D eigenvalue weighted by atomic mass is 32.1. The van der Waals surface area contributed by atoms with Crippen molar-refractivity contribution in [3.8, 4) is 5.75 Å². The van der Waals surface area contributed by atoms with Crippen molar-refractivity contribution in [2.24, 2.45) is 10.7 Å². The number of thiophene rings is 1. The molecule has 0 saturated heterocycles. The minimum Gasteiger partial charge on any atom is -0.484 e. The summed E-state index contributed by atoms with van der Waals surface area (Å²) in [6, 6.07) is 12.1. The number of carbonyl (C=O) groups is 1. The number of hydrogen-bond acceptors (Lipinski definition) is 4. The van der Waals surface area contributed by atoms with Gasteiger partial charge >= 0.3 is 0 Å². The Morgan fingerprint density at radius 3 is 2.81 bits per heavy atom. The number of carbonyl (C=O) groups excluding carboxylic acids is 1. The summed E-state index contributed by atoms with van der Waals surface area (Å²) < 4.78 is 5.33. The fourth-order valence-electron chi connectivity index (χ4n) is 2.46. The monoisotopic (exact) mass is 374 g/mol. The van der Waals surface area contributed by atoms with Crippen LogP contribution in [0.2, 0.25) is 0 Å². The number of primary amides is 1. The normalized spacial score (nSPS) is 12.5. The summed E-state index contributed by atoms with van der Waals surface area (Å²) >= 11 is 1.82. The number of ether oxygens (including phenoxy) is 1. The van der Waals surface area contributed by atoms with Gasteiger partial charge in [-0.05, 0) is 43.7 Å². The van der Waals surface area contributed by atoms with Crippen molar-refractivity contribution in [2.75, 3.05) is 13.7 Å². The molecule has 0 aliphatic carbocycles. The number of aryl methyl sites for hydroxylation is 1. The maximum absolute atomic E-state index is 10.8. The zero-order valence-corrected chi connectivity index (χ0v) is 16.2. The predicted octanol–water partition coefficient (Wildman–Crippen LogP) is 2.22. The zero-order chi connectivity index (χ0) is 18.9. The second-order valence-electron chi connectivity index (χ2n) is 6.09. The van der Waals surface area contributed by atoms with Crippen LogP contribution in [-0.2, 0) is 17.8 Å². The summed E-state index contributed by atoms with van der Waals surface area (Å²) in [5.41, 5.74) is 6.12. The third kappa shape index (κ3) is 6.76. The Morgan fingerprint density at radius 2 is 2.15 bits per heavy atom. The number of aliphatic imine (C=N–C) groups is 1. The molecular weight excluding hydrogens is 348 g/mol. The molecule has 0 radical (unpaired) electrons. The molecule has 26 heavy (non-hydrogen) atoms. The fraction of sp³-hybridized carbons (Fsp3) is 0.368. The second-order valence-corrected chi connectivity index (χ2v) is 7.46. The van der Waals surface area contributed by atoms with Gasteiger partial charge in [0.05, 0.1) is 0 Å². The van der Waals surface area contributed by atoms with E-state index in [0.29, 0.717) is 12.3 Å². The maximum Gasteiger partial charge on any atom is 0.255 e. The Bertz CT molecular complexity index is 758. The molecule has 1 unspecified atom stereocenters. The van der Waals surface area contributed by atoms with Gasteiger partial charge in [0.1, 0.15) is 5.75 Å². The number of hydrogen-bond donors (Lipinski definition) is 3. The lowest BCUT2D eigenvalue weighted by Crippen LogP contribution is -2.42. The summed E-state index contributed by atoms with van der Waals surface area (Å²) in [5, 5.41) is 6.70. The van der Waals surface area contributed by atoms with Crippen LogP contribution in [0.4, 0.5) is 0 Å². The van der Waals surface area contributed by atoms with Crippen molar-refractivity contribution in [1.82, 2.24) is 10.6 Å². The van der Waals surface area contributed by atoms with E-state index in [4.69, 9.17) is 10.5 Å². The van der Waals surface area contributed by atoms with E-state index >= 15 is 0 Å². The predicted molar refractivity (Wildman–Crippen MR) is 107 cm³/mol. The van der Waals surface area contributed by atoms with E-state index in [2.05, 4.69) is 41.6 Å². The van der Waals surface area contributed by atoms with E-state index in [-0.39, 0.29) is 12.6 Å². The lowest BCUT2D eigenvalue weighted by molar-refractivity contribution is -0.119. The van der Waals surface area contributed by atoms with Gasteiger partial charge in [-0.25, -0.2) is 0 Å². The molecule has 1 heterocycles. The standard InChI is InChI=1S/C19H26N4O2S/c1-13(9-17-8-7-14(2)26-17)23-19(21-3)22-11-15-5-4-6-16(10-15)25-12-18(20)24/h4-8,10,13H,9,11-12H2,1-3H3,(H2,20,24)(H2,21,22,23). The summed E-state index contributed by atoms with van der Waals surface area (Å²) in [4.78, 5) is 17.8. The van der Waals surface area contributed by atoms with Gasteiger partial charge < -0.3 is 21.1 Å². The quantitative estimate of drug-likeness (QED) is 0.488. The molecule has 4 N–H and O–H groups in total. The lowest BCUT2D eigenvalue weighted by Gasteiger charge is -2.17. The highest BCUT2D eigenvalue weighted by Crippen LogP contribution is 2.16. The SMILES string of the molecule is CN=C(NCc1cccc(OCC(N)=O)c1)NC(C)Cc1ccc(C)s1. The number of amides is 1. The van der Waals surface area contributed by atoms with E-state index in [1.165, 1.54) is 9.75 Å². The van der Waals surface area contributed by atoms with Gasteiger partial charge in [-0.1, -0.05) is 12.1 Å². The van der Waals surface area contributed by atoms with Gasteiger partial charge in [0.15, 0.2) is 12.6 Å². The Balaban J connectivity index is 1.84. The van der Waals surface area contributed by atoms with Crippen molar-refractivity contribution in [3.63, 3.8) is 0 Å². The topological polar surface area (TPSA) is 88.7 Å². The van der Waals surface area contributed by atoms with Crippen LogP contribution in [0.3, 0.4) is 0 Å². The minimum atomic E-state index is -0.493. The van der Waals surface area contributed by atoms with Crippen molar-refractivity contribution in [1.29, 1.82) is 0 Å². The Hall–Kier alpha value is -2.54. The Kier molecular flexibility index (Phi) is 7.47. The molecule has 140 valence electrons. The molecule has 0 fully saturated rings. The highest BCUT2D eigenvalue weighted by molar-refractivity contribution is 7.11. The number of benzene rings is 1. The van der Waals surface area contributed by atoms with E-state index in [0.717, 1.165) is 17.9 Å². The number of rotatable bonds is 8. The van der Waals surface area contributed by atoms with E-state index in [9.17, 15) is 4.79 Å². The first-order valence-electron chi connectivity index (χ1n) is 8.49. The number of guanidine groups is 1. The molecule has 1 aromatic heterocycles. The molecule has 0 spiro atoms. The summed E-state index contributed by atoms with van der Waals surface area (Å²) in [5.74, 6) is 0.870. The number of nitrogens with zero attached hydrogens (tertiary/aromatic N) is 1. The van der Waals surface area contributed by atoms with E-state index in [1.807, 2.05) is 29.5 Å². The largest absolute Gasteiger partial charge is 0.484 e. The van der Waals surface area contributed by atoms with Crippen LogP contribution in [0.5, 0.6) is 5.75 Å². The van der Waals surface area contributed by atoms with Crippen molar-refractivity contribution in [2.45, 2.75) is 32.9 Å². The van der Waals surface area contributed by atoms with Crippen LogP contribution in [0.15, 0.2) is 41.4 Å². The van der Waals surface area contributed by atoms with Gasteiger partial charge in [-0.15, -0.1) is 11.3 Å². The molecule has 1 aromatic carbocycles. The first-order valence-corrected chi connectivity index (χ1v) is 9.30. The van der Waals surface area contributed by atoms with Crippen LogP contribution in [-0.4, -0.2) is 31.6 Å². The minimum absolute atomic E-state index is 0.125. The molecule has 2 rings (SSSR count). The number of nitrogens with one attached hydrogen (secondary N) is 2. The van der Waals surface area contributed by atoms with Crippen LogP contribution in [0.1, 0.15) is 22.2 Å². The smallest absolute Gasteiger partial charge is 0.255 e. The highest BCUT2D eigenvalue weighted by Gasteiger charge is 2.08. The van der Waals surface area contributed by atoms with Gasteiger partial charge in [0.25, 0.3) is 5.91 Å². The molecule has 1 atom stereocenters. The molecule has 1 amide bonds. The van der Waals surface area contributed by atoms with Crippen LogP contribution >= 0.6 is 11.3 Å². The lowest BCUT2D eigenvalue weighted by atomic mass is 10.2. The maximum atomic E-state index is 10.8. The van der Waals surface area contributed by atoms with Crippen LogP contribution in [0, 0.1) is 6.92 Å². The van der Waals surface area contributed by atoms with Crippen LogP contribution < -0.4 is 21.1 Å². The van der Waals surface area contributed by atoms with E-state index in [1.54, 1.807) is 13.1 Å². The van der Waals surface area contributed by atoms with Crippen molar-refractivity contribution < 1.29 is 9.53 Å². The third-order valence-electron chi connectivity index (χ3n) is 3.65. The number of nitrogens with two attached hydrogens (primary N) is 1. The average molecular weight is 375 g/mol. The first kappa shape index (κ1) is 19.8. The summed E-state index contributed by atoms with van der Waals surface area (Å²) in [6.45, 7) is 4.73. The Labute approximate surface area is 158 Å². The summed E-state index contributed by atoms with van der Waals surface area (Å²) in [6.07, 6.45) is 0.954. The van der Waals surface area contributed by atoms with Gasteiger partial charge in [0, 0.05) is 35.8 Å². The molecule has 0 aliphatic heterocycles. The Morgan fingerprint density at radius 1 is 1.35 bits per heavy atom. The zero-order valence-electron chi connectivity index (χ0n) is 15.4. The molecule has 0 saturated carbocycles. The molecule has 2 aromatic rings. The van der Waals surface area contributed by atoms with Gasteiger partial charge in [0.2, 0.25) is 0 Å². The molecule has 0 aliphatic rings. The molecular formula is C19H26N4O2S. The van der Waals surface area contributed by atoms with Gasteiger partial charge in [-0.3, -0.25) is 9.79 Å². The van der Waals surface area contributed by atoms with Crippen molar-refractivity contribution in [3.05, 3.63) is 51.7 Å². The van der Waals surface area contributed by atoms with Crippen LogP contribution in [0.25, 0.3) is 0 Å². The average Bonchev–Trinajstić information content (AvgIpc) is 3.01. The van der Waals surface area contributed by atoms with E-state index < -0.39 is 5.91 Å². The van der Waals surface area contributed by atoms with Gasteiger partial charge in [-0.2, -0.15) is 0 Å². The molecule has 0 bridgehead atoms. The fourth-order valence-corrected chi connectivity index (χ4v) is 3.48. The molecule has 7 heteroatoms. The first-order chi connectivity index (χ1) is 12.5. The van der Waals surface area contributed by atoms with Crippen molar-refractivity contribution >= 4 is 23.2 Å². The molecule has 6 nitrogen and oxygen atoms in total. The summed E-state index contributed by atoms with van der Waals surface area (Å²) in [7, 11) is 1.75. The second kappa shape index (κ2) is 9.82. The third-order valence-corrected chi connectivity index (χ3v) is 4.67.